The molecule has 0 aliphatic heterocycles. The van der Waals surface area contributed by atoms with Crippen LogP contribution in [0.2, 0.25) is 18.1 Å². The van der Waals surface area contributed by atoms with Crippen LogP contribution in [0.1, 0.15) is 43.6 Å². The summed E-state index contributed by atoms with van der Waals surface area (Å²) >= 11 is 0. The Balaban J connectivity index is 2.20. The van der Waals surface area contributed by atoms with E-state index in [0.29, 0.717) is 18.8 Å². The van der Waals surface area contributed by atoms with Crippen molar-refractivity contribution in [2.24, 2.45) is 0 Å². The zero-order valence-electron chi connectivity index (χ0n) is 16.2. The van der Waals surface area contributed by atoms with Crippen molar-refractivity contribution in [1.29, 1.82) is 0 Å². The van der Waals surface area contributed by atoms with Crippen molar-refractivity contribution in [1.82, 2.24) is 4.98 Å². The van der Waals surface area contributed by atoms with E-state index < -0.39 is 8.32 Å². The highest BCUT2D eigenvalue weighted by Crippen LogP contribution is 2.36. The number of benzene rings is 1. The molecule has 0 spiro atoms. The predicted octanol–water partition coefficient (Wildman–Crippen LogP) is 4.98. The van der Waals surface area contributed by atoms with Gasteiger partial charge in [0.05, 0.1) is 17.7 Å². The van der Waals surface area contributed by atoms with Gasteiger partial charge in [0.1, 0.15) is 0 Å². The molecule has 0 atom stereocenters. The average Bonchev–Trinajstić information content (AvgIpc) is 2.53. The standard InChI is InChI=1S/C20H29NO3Si/c1-7-23-19(22)16-13-17-15(9-8-10-18(17)21-14-16)11-12-24-25(5,6)20(2,3)4/h8-10,13-14H,7,11-12H2,1-6H3. The highest BCUT2D eigenvalue weighted by atomic mass is 28.4. The first-order chi connectivity index (χ1) is 11.7. The van der Waals surface area contributed by atoms with E-state index in [2.05, 4.69) is 44.9 Å². The monoisotopic (exact) mass is 359 g/mol. The van der Waals surface area contributed by atoms with E-state index in [1.54, 1.807) is 13.1 Å². The molecule has 0 fully saturated rings. The lowest BCUT2D eigenvalue weighted by Gasteiger charge is -2.36. The Hall–Kier alpha value is -1.72. The lowest BCUT2D eigenvalue weighted by molar-refractivity contribution is 0.0526. The SMILES string of the molecule is CCOC(=O)c1cnc2cccc(CCO[Si](C)(C)C(C)(C)C)c2c1. The third-order valence-corrected chi connectivity index (χ3v) is 9.51. The van der Waals surface area contributed by atoms with Crippen LogP contribution in [0.25, 0.3) is 10.9 Å². The maximum absolute atomic E-state index is 12.0. The maximum atomic E-state index is 12.0. The van der Waals surface area contributed by atoms with Crippen LogP contribution < -0.4 is 0 Å². The van der Waals surface area contributed by atoms with Gasteiger partial charge >= 0.3 is 5.97 Å². The van der Waals surface area contributed by atoms with Crippen LogP contribution in [0.3, 0.4) is 0 Å². The molecule has 0 radical (unpaired) electrons. The van der Waals surface area contributed by atoms with Gasteiger partial charge in [-0.05, 0) is 49.2 Å². The predicted molar refractivity (Wildman–Crippen MR) is 105 cm³/mol. The van der Waals surface area contributed by atoms with Crippen molar-refractivity contribution in [2.45, 2.75) is 52.2 Å². The zero-order valence-corrected chi connectivity index (χ0v) is 17.2. The quantitative estimate of drug-likeness (QED) is 0.539. The van der Waals surface area contributed by atoms with E-state index in [1.165, 1.54) is 0 Å². The third-order valence-electron chi connectivity index (χ3n) is 4.97. The molecule has 0 unspecified atom stereocenters. The Morgan fingerprint density at radius 3 is 2.60 bits per heavy atom. The van der Waals surface area contributed by atoms with E-state index in [9.17, 15) is 4.79 Å². The minimum absolute atomic E-state index is 0.199. The molecule has 0 saturated carbocycles. The van der Waals surface area contributed by atoms with E-state index in [-0.39, 0.29) is 11.0 Å². The number of hydrogen-bond donors (Lipinski definition) is 0. The Bertz CT molecular complexity index is 750. The number of aromatic nitrogens is 1. The van der Waals surface area contributed by atoms with Gasteiger partial charge in [0.25, 0.3) is 0 Å². The first kappa shape index (κ1) is 19.6. The fourth-order valence-electron chi connectivity index (χ4n) is 2.39. The molecular formula is C20H29NO3Si. The zero-order chi connectivity index (χ0) is 18.7. The lowest BCUT2D eigenvalue weighted by Crippen LogP contribution is -2.41. The fraction of sp³-hybridized carbons (Fsp3) is 0.500. The van der Waals surface area contributed by atoms with Crippen LogP contribution in [0.15, 0.2) is 30.5 Å². The minimum atomic E-state index is -1.76. The van der Waals surface area contributed by atoms with E-state index in [0.717, 1.165) is 22.9 Å². The normalized spacial score (nSPS) is 12.4. The van der Waals surface area contributed by atoms with Gasteiger partial charge in [-0.15, -0.1) is 0 Å². The summed E-state index contributed by atoms with van der Waals surface area (Å²) in [5.74, 6) is -0.329. The molecule has 0 aliphatic rings. The van der Waals surface area contributed by atoms with Gasteiger partial charge in [0.15, 0.2) is 8.32 Å². The summed E-state index contributed by atoms with van der Waals surface area (Å²) in [5, 5.41) is 1.19. The van der Waals surface area contributed by atoms with Crippen molar-refractivity contribution < 1.29 is 14.0 Å². The number of ether oxygens (including phenoxy) is 1. The Labute approximate surface area is 151 Å². The van der Waals surface area contributed by atoms with Crippen LogP contribution >= 0.6 is 0 Å². The molecule has 5 heteroatoms. The first-order valence-corrected chi connectivity index (χ1v) is 11.8. The number of rotatable bonds is 6. The summed E-state index contributed by atoms with van der Waals surface area (Å²) in [5.41, 5.74) is 2.53. The number of nitrogens with zero attached hydrogens (tertiary/aromatic N) is 1. The molecule has 1 aromatic carbocycles. The lowest BCUT2D eigenvalue weighted by atomic mass is 10.0. The molecule has 4 nitrogen and oxygen atoms in total. The molecular weight excluding hydrogens is 330 g/mol. The molecule has 136 valence electrons. The summed E-state index contributed by atoms with van der Waals surface area (Å²) in [7, 11) is -1.76. The summed E-state index contributed by atoms with van der Waals surface area (Å²) in [6.07, 6.45) is 2.38. The molecule has 25 heavy (non-hydrogen) atoms. The molecule has 0 amide bonds. The third kappa shape index (κ3) is 4.67. The molecule has 0 aliphatic carbocycles. The Morgan fingerprint density at radius 2 is 1.96 bits per heavy atom. The second-order valence-electron chi connectivity index (χ2n) is 7.79. The summed E-state index contributed by atoms with van der Waals surface area (Å²) in [6.45, 7) is 14.1. The van der Waals surface area contributed by atoms with Crippen molar-refractivity contribution in [2.75, 3.05) is 13.2 Å². The molecule has 2 rings (SSSR count). The van der Waals surface area contributed by atoms with Gasteiger partial charge in [0.2, 0.25) is 0 Å². The van der Waals surface area contributed by atoms with Crippen LogP contribution in [0.5, 0.6) is 0 Å². The number of carbonyl (C=O) groups excluding carboxylic acids is 1. The molecule has 0 N–H and O–H groups in total. The van der Waals surface area contributed by atoms with Gasteiger partial charge in [0, 0.05) is 18.2 Å². The highest BCUT2D eigenvalue weighted by Gasteiger charge is 2.36. The van der Waals surface area contributed by atoms with Gasteiger partial charge < -0.3 is 9.16 Å². The second-order valence-corrected chi connectivity index (χ2v) is 12.6. The fourth-order valence-corrected chi connectivity index (χ4v) is 3.43. The largest absolute Gasteiger partial charge is 0.462 e. The van der Waals surface area contributed by atoms with E-state index >= 15 is 0 Å². The van der Waals surface area contributed by atoms with E-state index in [1.807, 2.05) is 18.2 Å². The maximum Gasteiger partial charge on any atom is 0.339 e. The number of esters is 1. The first-order valence-electron chi connectivity index (χ1n) is 8.84. The number of fused-ring (bicyclic) bond motifs is 1. The van der Waals surface area contributed by atoms with Crippen LogP contribution in [0, 0.1) is 0 Å². The van der Waals surface area contributed by atoms with Crippen molar-refractivity contribution in [3.8, 4) is 0 Å². The molecule has 1 heterocycles. The van der Waals surface area contributed by atoms with Gasteiger partial charge in [-0.2, -0.15) is 0 Å². The molecule has 1 aromatic heterocycles. The van der Waals surface area contributed by atoms with Crippen LogP contribution in [-0.4, -0.2) is 32.5 Å². The second kappa shape index (κ2) is 7.66. The van der Waals surface area contributed by atoms with Crippen molar-refractivity contribution in [3.05, 3.63) is 41.6 Å². The summed E-state index contributed by atoms with van der Waals surface area (Å²) in [4.78, 5) is 16.4. The Morgan fingerprint density at radius 1 is 1.24 bits per heavy atom. The average molecular weight is 360 g/mol. The van der Waals surface area contributed by atoms with Gasteiger partial charge in [-0.25, -0.2) is 4.79 Å². The number of carbonyl (C=O) groups is 1. The van der Waals surface area contributed by atoms with Crippen molar-refractivity contribution >= 4 is 25.2 Å². The molecule has 2 aromatic rings. The topological polar surface area (TPSA) is 48.4 Å². The van der Waals surface area contributed by atoms with Gasteiger partial charge in [-0.3, -0.25) is 4.98 Å². The van der Waals surface area contributed by atoms with Crippen molar-refractivity contribution in [3.63, 3.8) is 0 Å². The number of hydrogen-bond acceptors (Lipinski definition) is 4. The Kier molecular flexibility index (Phi) is 6.01. The number of pyridine rings is 1. The molecule has 0 saturated heterocycles. The smallest absolute Gasteiger partial charge is 0.339 e. The van der Waals surface area contributed by atoms with E-state index in [4.69, 9.17) is 9.16 Å². The molecule has 0 bridgehead atoms. The summed E-state index contributed by atoms with van der Waals surface area (Å²) < 4.78 is 11.4. The summed E-state index contributed by atoms with van der Waals surface area (Å²) in [6, 6.07) is 7.92. The van der Waals surface area contributed by atoms with Crippen LogP contribution in [0.4, 0.5) is 0 Å². The minimum Gasteiger partial charge on any atom is -0.462 e. The van der Waals surface area contributed by atoms with Crippen LogP contribution in [-0.2, 0) is 15.6 Å². The van der Waals surface area contributed by atoms with Gasteiger partial charge in [-0.1, -0.05) is 32.9 Å². The highest BCUT2D eigenvalue weighted by molar-refractivity contribution is 6.74.